The number of hydrogen-bond donors (Lipinski definition) is 0. The molecule has 1 fully saturated rings. The second-order valence-corrected chi connectivity index (χ2v) is 8.69. The molecule has 1 aromatic carbocycles. The first-order valence-corrected chi connectivity index (χ1v) is 10.9. The third kappa shape index (κ3) is 4.98. The highest BCUT2D eigenvalue weighted by molar-refractivity contribution is 8.00. The Hall–Kier alpha value is -2.35. The Morgan fingerprint density at radius 1 is 1.28 bits per heavy atom. The van der Waals surface area contributed by atoms with E-state index in [0.29, 0.717) is 37.7 Å². The molecule has 29 heavy (non-hydrogen) atoms. The lowest BCUT2D eigenvalue weighted by atomic mass is 9.97. The van der Waals surface area contributed by atoms with Crippen molar-refractivity contribution >= 4 is 23.6 Å². The average Bonchev–Trinajstić information content (AvgIpc) is 3.15. The summed E-state index contributed by atoms with van der Waals surface area (Å²) in [5.41, 5.74) is 3.34. The fourth-order valence-corrected chi connectivity index (χ4v) is 4.53. The summed E-state index contributed by atoms with van der Waals surface area (Å²) in [4.78, 5) is 26.6. The van der Waals surface area contributed by atoms with E-state index in [0.717, 1.165) is 11.3 Å². The maximum absolute atomic E-state index is 12.9. The molecule has 2 aromatic rings. The molecule has 1 saturated heterocycles. The van der Waals surface area contributed by atoms with Gasteiger partial charge in [0.2, 0.25) is 5.91 Å². The first-order chi connectivity index (χ1) is 13.9. The van der Waals surface area contributed by atoms with E-state index in [4.69, 9.17) is 4.74 Å². The van der Waals surface area contributed by atoms with Crippen molar-refractivity contribution < 1.29 is 14.3 Å². The molecule has 1 aliphatic heterocycles. The van der Waals surface area contributed by atoms with E-state index in [1.165, 1.54) is 17.3 Å². The number of likely N-dealkylation sites (tertiary alicyclic amines) is 1. The zero-order chi connectivity index (χ0) is 21.0. The van der Waals surface area contributed by atoms with Crippen molar-refractivity contribution in [3.05, 3.63) is 35.7 Å². The van der Waals surface area contributed by atoms with E-state index in [1.54, 1.807) is 6.33 Å². The van der Waals surface area contributed by atoms with E-state index in [1.807, 2.05) is 29.4 Å². The lowest BCUT2D eigenvalue weighted by Crippen LogP contribution is -2.43. The third-order valence-electron chi connectivity index (χ3n) is 5.18. The molecule has 0 aliphatic carbocycles. The number of thioether (sulfide) groups is 1. The molecule has 0 bridgehead atoms. The van der Waals surface area contributed by atoms with Crippen LogP contribution in [0.5, 0.6) is 0 Å². The van der Waals surface area contributed by atoms with Crippen molar-refractivity contribution in [1.29, 1.82) is 0 Å². The number of aromatic nitrogens is 3. The summed E-state index contributed by atoms with van der Waals surface area (Å²) < 4.78 is 7.03. The Bertz CT molecular complexity index is 875. The number of hydrogen-bond acceptors (Lipinski definition) is 6. The second kappa shape index (κ2) is 9.43. The second-order valence-electron chi connectivity index (χ2n) is 7.39. The molecule has 1 atom stereocenters. The molecule has 1 aliphatic rings. The monoisotopic (exact) mass is 416 g/mol. The van der Waals surface area contributed by atoms with Crippen LogP contribution >= 0.6 is 11.8 Å². The van der Waals surface area contributed by atoms with Crippen molar-refractivity contribution in [3.63, 3.8) is 0 Å². The van der Waals surface area contributed by atoms with Gasteiger partial charge >= 0.3 is 5.97 Å². The summed E-state index contributed by atoms with van der Waals surface area (Å²) in [7, 11) is 0. The standard InChI is InChI=1S/C21H28N4O3S/c1-5-28-20(27)17-8-10-24(11-9-17)19(26)16(4)29-21-23-22-13-25(21)18-7-6-14(2)12-15(18)3/h6-7,12-13,16-17H,5,8-11H2,1-4H3. The topological polar surface area (TPSA) is 77.3 Å². The Morgan fingerprint density at radius 2 is 2.00 bits per heavy atom. The number of ether oxygens (including phenoxy) is 1. The van der Waals surface area contributed by atoms with Gasteiger partial charge in [-0.2, -0.15) is 0 Å². The van der Waals surface area contributed by atoms with Crippen molar-refractivity contribution in [2.24, 2.45) is 5.92 Å². The lowest BCUT2D eigenvalue weighted by Gasteiger charge is -2.32. The van der Waals surface area contributed by atoms with Gasteiger partial charge in [0, 0.05) is 13.1 Å². The highest BCUT2D eigenvalue weighted by Gasteiger charge is 2.31. The predicted octanol–water partition coefficient (Wildman–Crippen LogP) is 3.17. The van der Waals surface area contributed by atoms with Crippen LogP contribution in [0.1, 0.15) is 37.8 Å². The Labute approximate surface area is 175 Å². The SMILES string of the molecule is CCOC(=O)C1CCN(C(=O)C(C)Sc2nncn2-c2ccc(C)cc2C)CC1. The summed E-state index contributed by atoms with van der Waals surface area (Å²) in [6, 6.07) is 6.22. The summed E-state index contributed by atoms with van der Waals surface area (Å²) in [6.45, 7) is 9.38. The highest BCUT2D eigenvalue weighted by atomic mass is 32.2. The number of piperidine rings is 1. The van der Waals surface area contributed by atoms with Crippen LogP contribution in [0.15, 0.2) is 29.7 Å². The van der Waals surface area contributed by atoms with Crippen LogP contribution in [0.25, 0.3) is 5.69 Å². The Morgan fingerprint density at radius 3 is 2.66 bits per heavy atom. The number of rotatable bonds is 6. The fourth-order valence-electron chi connectivity index (χ4n) is 3.61. The van der Waals surface area contributed by atoms with Crippen molar-refractivity contribution in [2.75, 3.05) is 19.7 Å². The van der Waals surface area contributed by atoms with Gasteiger partial charge in [0.05, 0.1) is 23.5 Å². The number of amides is 1. The fraction of sp³-hybridized carbons (Fsp3) is 0.524. The maximum atomic E-state index is 12.9. The van der Waals surface area contributed by atoms with Crippen molar-refractivity contribution in [1.82, 2.24) is 19.7 Å². The van der Waals surface area contributed by atoms with Gasteiger partial charge < -0.3 is 9.64 Å². The normalized spacial score (nSPS) is 15.9. The predicted molar refractivity (Wildman–Crippen MR) is 112 cm³/mol. The zero-order valence-electron chi connectivity index (χ0n) is 17.4. The molecule has 0 radical (unpaired) electrons. The van der Waals surface area contributed by atoms with Crippen molar-refractivity contribution in [3.8, 4) is 5.69 Å². The quantitative estimate of drug-likeness (QED) is 0.532. The van der Waals surface area contributed by atoms with E-state index >= 15 is 0 Å². The van der Waals surface area contributed by atoms with Gasteiger partial charge in [0.1, 0.15) is 6.33 Å². The molecule has 0 N–H and O–H groups in total. The largest absolute Gasteiger partial charge is 0.466 e. The van der Waals surface area contributed by atoms with E-state index in [9.17, 15) is 9.59 Å². The van der Waals surface area contributed by atoms with Crippen LogP contribution in [0.4, 0.5) is 0 Å². The number of esters is 1. The van der Waals surface area contributed by atoms with Gasteiger partial charge in [-0.25, -0.2) is 0 Å². The molecule has 8 heteroatoms. The van der Waals surface area contributed by atoms with E-state index < -0.39 is 0 Å². The van der Waals surface area contributed by atoms with Crippen molar-refractivity contribution in [2.45, 2.75) is 50.9 Å². The summed E-state index contributed by atoms with van der Waals surface area (Å²) in [5, 5.41) is 8.68. The summed E-state index contributed by atoms with van der Waals surface area (Å²) in [6.07, 6.45) is 2.99. The third-order valence-corrected chi connectivity index (χ3v) is 6.23. The molecule has 1 unspecified atom stereocenters. The van der Waals surface area contributed by atoms with Gasteiger partial charge in [-0.1, -0.05) is 29.5 Å². The van der Waals surface area contributed by atoms with Crippen LogP contribution in [-0.4, -0.2) is 56.5 Å². The van der Waals surface area contributed by atoms with Crippen LogP contribution < -0.4 is 0 Å². The molecule has 1 aromatic heterocycles. The maximum Gasteiger partial charge on any atom is 0.309 e. The van der Waals surface area contributed by atoms with Crippen LogP contribution in [-0.2, 0) is 14.3 Å². The van der Waals surface area contributed by atoms with Crippen LogP contribution in [0.3, 0.4) is 0 Å². The van der Waals surface area contributed by atoms with E-state index in [2.05, 4.69) is 36.2 Å². The molecule has 7 nitrogen and oxygen atoms in total. The summed E-state index contributed by atoms with van der Waals surface area (Å²) in [5.74, 6) is -0.189. The highest BCUT2D eigenvalue weighted by Crippen LogP contribution is 2.28. The molecule has 3 rings (SSSR count). The molecular weight excluding hydrogens is 388 g/mol. The van der Waals surface area contributed by atoms with Gasteiger partial charge in [0.25, 0.3) is 0 Å². The molecular formula is C21H28N4O3S. The molecule has 0 saturated carbocycles. The minimum atomic E-state index is -0.289. The smallest absolute Gasteiger partial charge is 0.309 e. The zero-order valence-corrected chi connectivity index (χ0v) is 18.2. The molecule has 156 valence electrons. The van der Waals surface area contributed by atoms with Crippen LogP contribution in [0.2, 0.25) is 0 Å². The molecule has 1 amide bonds. The van der Waals surface area contributed by atoms with Crippen LogP contribution in [0, 0.1) is 19.8 Å². The first-order valence-electron chi connectivity index (χ1n) is 10.0. The molecule has 0 spiro atoms. The summed E-state index contributed by atoms with van der Waals surface area (Å²) >= 11 is 1.41. The molecule has 2 heterocycles. The number of carbonyl (C=O) groups is 2. The minimum Gasteiger partial charge on any atom is -0.466 e. The minimum absolute atomic E-state index is 0.0625. The van der Waals surface area contributed by atoms with Gasteiger partial charge in [0.15, 0.2) is 5.16 Å². The first kappa shape index (κ1) is 21.4. The Balaban J connectivity index is 1.63. The van der Waals surface area contributed by atoms with Gasteiger partial charge in [-0.3, -0.25) is 14.2 Å². The number of carbonyl (C=O) groups excluding carboxylic acids is 2. The lowest BCUT2D eigenvalue weighted by molar-refractivity contribution is -0.151. The van der Waals surface area contributed by atoms with Gasteiger partial charge in [-0.15, -0.1) is 10.2 Å². The average molecular weight is 417 g/mol. The Kier molecular flexibility index (Phi) is 6.95. The number of aryl methyl sites for hydroxylation is 2. The number of nitrogens with zero attached hydrogens (tertiary/aromatic N) is 4. The van der Waals surface area contributed by atoms with Gasteiger partial charge in [-0.05, 0) is 52.2 Å². The van der Waals surface area contributed by atoms with E-state index in [-0.39, 0.29) is 23.0 Å². The number of benzene rings is 1.